The van der Waals surface area contributed by atoms with Crippen LogP contribution in [0.4, 0.5) is 11.5 Å². The fourth-order valence-corrected chi connectivity index (χ4v) is 3.63. The number of pyridine rings is 1. The Labute approximate surface area is 164 Å². The van der Waals surface area contributed by atoms with Crippen molar-refractivity contribution >= 4 is 11.5 Å². The zero-order valence-corrected chi connectivity index (χ0v) is 17.8. The summed E-state index contributed by atoms with van der Waals surface area (Å²) in [6, 6.07) is 6.24. The van der Waals surface area contributed by atoms with Crippen LogP contribution in [-0.4, -0.2) is 16.2 Å². The molecule has 2 N–H and O–H groups in total. The number of aromatic nitrogens is 1. The molecule has 0 aliphatic heterocycles. The molecular formula is C23H34N2O2. The molecule has 1 heterocycles. The van der Waals surface area contributed by atoms with Gasteiger partial charge in [-0.05, 0) is 70.2 Å². The molecule has 0 unspecified atom stereocenters. The van der Waals surface area contributed by atoms with Gasteiger partial charge in [0.1, 0.15) is 5.82 Å². The number of nitrogens with zero attached hydrogens (tertiary/aromatic N) is 1. The van der Waals surface area contributed by atoms with E-state index in [-0.39, 0.29) is 6.10 Å². The molecular weight excluding hydrogens is 336 g/mol. The molecule has 4 heteroatoms. The zero-order chi connectivity index (χ0) is 20.2. The molecule has 0 aliphatic rings. The van der Waals surface area contributed by atoms with E-state index in [0.717, 1.165) is 40.8 Å². The summed E-state index contributed by atoms with van der Waals surface area (Å²) in [5.41, 5.74) is 5.32. The van der Waals surface area contributed by atoms with Gasteiger partial charge in [-0.15, -0.1) is 0 Å². The Kier molecular flexibility index (Phi) is 7.01. The predicted octanol–water partition coefficient (Wildman–Crippen LogP) is 5.68. The summed E-state index contributed by atoms with van der Waals surface area (Å²) in [6.45, 7) is 14.6. The second-order valence-electron chi connectivity index (χ2n) is 7.90. The fraction of sp³-hybridized carbons (Fsp3) is 0.522. The lowest BCUT2D eigenvalue weighted by molar-refractivity contribution is 0.0303. The molecule has 148 valence electrons. The topological polar surface area (TPSA) is 54.4 Å². The van der Waals surface area contributed by atoms with Gasteiger partial charge in [-0.1, -0.05) is 31.5 Å². The predicted molar refractivity (Wildman–Crippen MR) is 113 cm³/mol. The van der Waals surface area contributed by atoms with Crippen molar-refractivity contribution in [3.8, 4) is 0 Å². The number of aliphatic hydroxyl groups is 1. The zero-order valence-electron chi connectivity index (χ0n) is 17.8. The monoisotopic (exact) mass is 370 g/mol. The minimum Gasteiger partial charge on any atom is -0.386 e. The quantitative estimate of drug-likeness (QED) is 0.627. The van der Waals surface area contributed by atoms with Gasteiger partial charge in [-0.3, -0.25) is 0 Å². The minimum atomic E-state index is -1.03. The van der Waals surface area contributed by atoms with Gasteiger partial charge in [-0.2, -0.15) is 0 Å². The molecule has 0 atom stereocenters. The first kappa shape index (κ1) is 21.4. The number of hydrogen-bond donors (Lipinski definition) is 2. The van der Waals surface area contributed by atoms with Gasteiger partial charge in [0.15, 0.2) is 0 Å². The Morgan fingerprint density at radius 2 is 1.70 bits per heavy atom. The lowest BCUT2D eigenvalue weighted by atomic mass is 9.93. The smallest absolute Gasteiger partial charge is 0.136 e. The third-order valence-electron chi connectivity index (χ3n) is 4.95. The van der Waals surface area contributed by atoms with E-state index in [1.807, 2.05) is 6.07 Å². The van der Waals surface area contributed by atoms with E-state index in [1.165, 1.54) is 5.56 Å². The second-order valence-corrected chi connectivity index (χ2v) is 7.90. The maximum absolute atomic E-state index is 10.9. The summed E-state index contributed by atoms with van der Waals surface area (Å²) in [7, 11) is 0. The standard InChI is InChI=1S/C23H34N2O2/c1-8-19(9-2)27-14-18-10-11-24-22(20(18)23(6,7)26)25-21-16(4)12-15(3)13-17(21)5/h10-13,19,26H,8-9,14H2,1-7H3,(H,24,25). The number of aryl methyl sites for hydroxylation is 3. The number of rotatable bonds is 8. The maximum atomic E-state index is 10.9. The summed E-state index contributed by atoms with van der Waals surface area (Å²) < 4.78 is 6.06. The first-order valence-corrected chi connectivity index (χ1v) is 9.84. The van der Waals surface area contributed by atoms with Crippen molar-refractivity contribution in [1.82, 2.24) is 4.98 Å². The van der Waals surface area contributed by atoms with Crippen LogP contribution in [-0.2, 0) is 16.9 Å². The average molecular weight is 371 g/mol. The molecule has 27 heavy (non-hydrogen) atoms. The van der Waals surface area contributed by atoms with Crippen molar-refractivity contribution in [1.29, 1.82) is 0 Å². The van der Waals surface area contributed by atoms with Crippen LogP contribution in [0.5, 0.6) is 0 Å². The summed E-state index contributed by atoms with van der Waals surface area (Å²) in [4.78, 5) is 4.55. The van der Waals surface area contributed by atoms with Crippen LogP contribution >= 0.6 is 0 Å². The lowest BCUT2D eigenvalue weighted by Crippen LogP contribution is -2.22. The van der Waals surface area contributed by atoms with Gasteiger partial charge < -0.3 is 15.2 Å². The molecule has 0 spiro atoms. The molecule has 2 aromatic rings. The lowest BCUT2D eigenvalue weighted by Gasteiger charge is -2.26. The number of nitrogens with one attached hydrogen (secondary N) is 1. The average Bonchev–Trinajstić information content (AvgIpc) is 2.58. The molecule has 2 rings (SSSR count). The van der Waals surface area contributed by atoms with E-state index in [4.69, 9.17) is 4.74 Å². The van der Waals surface area contributed by atoms with Crippen LogP contribution in [0.3, 0.4) is 0 Å². The van der Waals surface area contributed by atoms with Crippen molar-refractivity contribution in [3.63, 3.8) is 0 Å². The van der Waals surface area contributed by atoms with Crippen molar-refractivity contribution in [2.75, 3.05) is 5.32 Å². The molecule has 0 saturated carbocycles. The van der Waals surface area contributed by atoms with Crippen molar-refractivity contribution in [2.45, 2.75) is 79.6 Å². The van der Waals surface area contributed by atoms with Crippen molar-refractivity contribution < 1.29 is 9.84 Å². The Bertz CT molecular complexity index is 751. The molecule has 0 radical (unpaired) electrons. The number of hydrogen-bond acceptors (Lipinski definition) is 4. The summed E-state index contributed by atoms with van der Waals surface area (Å²) in [5, 5.41) is 14.3. The third kappa shape index (κ3) is 5.30. The molecule has 1 aromatic heterocycles. The molecule has 0 amide bonds. The summed E-state index contributed by atoms with van der Waals surface area (Å²) >= 11 is 0. The molecule has 0 fully saturated rings. The van der Waals surface area contributed by atoms with Gasteiger partial charge >= 0.3 is 0 Å². The highest BCUT2D eigenvalue weighted by molar-refractivity contribution is 5.68. The normalized spacial score (nSPS) is 11.9. The number of ether oxygens (including phenoxy) is 1. The van der Waals surface area contributed by atoms with Gasteiger partial charge in [0.2, 0.25) is 0 Å². The van der Waals surface area contributed by atoms with Crippen molar-refractivity contribution in [2.24, 2.45) is 0 Å². The Balaban J connectivity index is 2.44. The maximum Gasteiger partial charge on any atom is 0.136 e. The third-order valence-corrected chi connectivity index (χ3v) is 4.95. The van der Waals surface area contributed by atoms with E-state index < -0.39 is 5.60 Å². The van der Waals surface area contributed by atoms with E-state index >= 15 is 0 Å². The van der Waals surface area contributed by atoms with Crippen LogP contribution in [0.25, 0.3) is 0 Å². The first-order chi connectivity index (χ1) is 12.7. The van der Waals surface area contributed by atoms with E-state index in [0.29, 0.717) is 12.4 Å². The second kappa shape index (κ2) is 8.85. The van der Waals surface area contributed by atoms with Crippen LogP contribution in [0.2, 0.25) is 0 Å². The summed E-state index contributed by atoms with van der Waals surface area (Å²) in [6.07, 6.45) is 3.96. The number of anilines is 2. The molecule has 4 nitrogen and oxygen atoms in total. The Morgan fingerprint density at radius 3 is 2.22 bits per heavy atom. The van der Waals surface area contributed by atoms with Gasteiger partial charge in [0.25, 0.3) is 0 Å². The fourth-order valence-electron chi connectivity index (χ4n) is 3.63. The molecule has 1 aromatic carbocycles. The highest BCUT2D eigenvalue weighted by atomic mass is 16.5. The first-order valence-electron chi connectivity index (χ1n) is 9.84. The highest BCUT2D eigenvalue weighted by Crippen LogP contribution is 2.34. The van der Waals surface area contributed by atoms with Gasteiger partial charge in [0, 0.05) is 17.4 Å². The SMILES string of the molecule is CCC(CC)OCc1ccnc(Nc2c(C)cc(C)cc2C)c1C(C)(C)O. The van der Waals surface area contributed by atoms with Crippen LogP contribution in [0.1, 0.15) is 68.4 Å². The number of benzene rings is 1. The molecule has 0 saturated heterocycles. The van der Waals surface area contributed by atoms with Crippen LogP contribution in [0.15, 0.2) is 24.4 Å². The van der Waals surface area contributed by atoms with Crippen LogP contribution in [0, 0.1) is 20.8 Å². The largest absolute Gasteiger partial charge is 0.386 e. The van der Waals surface area contributed by atoms with E-state index in [2.05, 4.69) is 57.1 Å². The Hall–Kier alpha value is -1.91. The van der Waals surface area contributed by atoms with Gasteiger partial charge in [-0.25, -0.2) is 4.98 Å². The van der Waals surface area contributed by atoms with E-state index in [9.17, 15) is 5.11 Å². The minimum absolute atomic E-state index is 0.228. The van der Waals surface area contributed by atoms with Crippen LogP contribution < -0.4 is 5.32 Å². The molecule has 0 bridgehead atoms. The van der Waals surface area contributed by atoms with Crippen molar-refractivity contribution in [3.05, 3.63) is 52.2 Å². The summed E-state index contributed by atoms with van der Waals surface area (Å²) in [5.74, 6) is 0.684. The van der Waals surface area contributed by atoms with Gasteiger partial charge in [0.05, 0.1) is 18.3 Å². The highest BCUT2D eigenvalue weighted by Gasteiger charge is 2.26. The Morgan fingerprint density at radius 1 is 1.11 bits per heavy atom. The molecule has 0 aliphatic carbocycles. The van der Waals surface area contributed by atoms with E-state index in [1.54, 1.807) is 20.0 Å².